The van der Waals surface area contributed by atoms with Gasteiger partial charge in [-0.05, 0) is 57.0 Å². The quantitative estimate of drug-likeness (QED) is 0.686. The second kappa shape index (κ2) is 9.03. The van der Waals surface area contributed by atoms with E-state index in [1.807, 2.05) is 0 Å². The summed E-state index contributed by atoms with van der Waals surface area (Å²) in [5.41, 5.74) is 0. The molecule has 2 aliphatic rings. The van der Waals surface area contributed by atoms with Crippen LogP contribution in [-0.4, -0.2) is 48.6 Å². The van der Waals surface area contributed by atoms with Gasteiger partial charge in [0.2, 0.25) is 5.91 Å². The molecule has 0 aromatic heterocycles. The van der Waals surface area contributed by atoms with Gasteiger partial charge in [0.05, 0.1) is 0 Å². The third-order valence-electron chi connectivity index (χ3n) is 5.65. The zero-order chi connectivity index (χ0) is 16.8. The molecule has 134 valence electrons. The van der Waals surface area contributed by atoms with Crippen LogP contribution in [0.15, 0.2) is 0 Å². The molecule has 1 amide bonds. The summed E-state index contributed by atoms with van der Waals surface area (Å²) in [4.78, 5) is 14.9. The lowest BCUT2D eigenvalue weighted by Gasteiger charge is -2.32. The topological polar surface area (TPSA) is 44.4 Å². The second-order valence-electron chi connectivity index (χ2n) is 7.99. The first-order valence-electron chi connectivity index (χ1n) is 9.78. The van der Waals surface area contributed by atoms with Crippen LogP contribution in [0.2, 0.25) is 0 Å². The number of amides is 1. The van der Waals surface area contributed by atoms with E-state index in [-0.39, 0.29) is 5.91 Å². The van der Waals surface area contributed by atoms with Crippen molar-refractivity contribution in [2.75, 3.05) is 19.6 Å². The summed E-state index contributed by atoms with van der Waals surface area (Å²) in [5.74, 6) is 1.51. The number of carbonyl (C=O) groups excluding carboxylic acids is 1. The van der Waals surface area contributed by atoms with Gasteiger partial charge in [-0.3, -0.25) is 9.69 Å². The molecule has 2 N–H and O–H groups in total. The zero-order valence-corrected chi connectivity index (χ0v) is 15.6. The molecule has 0 aromatic rings. The van der Waals surface area contributed by atoms with Crippen molar-refractivity contribution in [3.63, 3.8) is 0 Å². The molecule has 2 heterocycles. The van der Waals surface area contributed by atoms with Gasteiger partial charge in [-0.15, -0.1) is 0 Å². The molecule has 3 atom stereocenters. The minimum Gasteiger partial charge on any atom is -0.355 e. The lowest BCUT2D eigenvalue weighted by Crippen LogP contribution is -2.45. The minimum absolute atomic E-state index is 0.261. The molecule has 0 saturated carbocycles. The van der Waals surface area contributed by atoms with E-state index in [2.05, 4.69) is 43.2 Å². The predicted octanol–water partition coefficient (Wildman–Crippen LogP) is 2.78. The first-order chi connectivity index (χ1) is 11.0. The maximum Gasteiger partial charge on any atom is 0.220 e. The van der Waals surface area contributed by atoms with Crippen LogP contribution >= 0.6 is 0 Å². The molecule has 2 saturated heterocycles. The van der Waals surface area contributed by atoms with E-state index in [0.717, 1.165) is 32.5 Å². The Bertz CT molecular complexity index is 356. The number of nitrogens with zero attached hydrogens (tertiary/aromatic N) is 1. The number of carbonyl (C=O) groups is 1. The number of hydrogen-bond donors (Lipinski definition) is 2. The molecule has 2 bridgehead atoms. The average Bonchev–Trinajstić information content (AvgIpc) is 2.84. The van der Waals surface area contributed by atoms with Gasteiger partial charge >= 0.3 is 0 Å². The van der Waals surface area contributed by atoms with E-state index in [9.17, 15) is 4.79 Å². The van der Waals surface area contributed by atoms with Crippen molar-refractivity contribution < 1.29 is 4.79 Å². The molecule has 0 spiro atoms. The number of fused-ring (bicyclic) bond motifs is 2. The summed E-state index contributed by atoms with van der Waals surface area (Å²) >= 11 is 0. The Kier molecular flexibility index (Phi) is 7.35. The lowest BCUT2D eigenvalue weighted by molar-refractivity contribution is -0.122. The Morgan fingerprint density at radius 1 is 1.17 bits per heavy atom. The minimum atomic E-state index is 0.261. The summed E-state index contributed by atoms with van der Waals surface area (Å²) < 4.78 is 0. The zero-order valence-electron chi connectivity index (χ0n) is 15.6. The summed E-state index contributed by atoms with van der Waals surface area (Å²) in [7, 11) is 0. The highest BCUT2D eigenvalue weighted by Crippen LogP contribution is 2.32. The van der Waals surface area contributed by atoms with Gasteiger partial charge in [0.15, 0.2) is 0 Å². The van der Waals surface area contributed by atoms with Gasteiger partial charge in [-0.2, -0.15) is 0 Å². The highest BCUT2D eigenvalue weighted by atomic mass is 16.1. The summed E-state index contributed by atoms with van der Waals surface area (Å²) in [6.45, 7) is 11.9. The fraction of sp³-hybridized carbons (Fsp3) is 0.947. The van der Waals surface area contributed by atoms with E-state index in [1.165, 1.54) is 25.7 Å². The van der Waals surface area contributed by atoms with Crippen molar-refractivity contribution >= 4 is 5.91 Å². The van der Waals surface area contributed by atoms with E-state index in [4.69, 9.17) is 0 Å². The van der Waals surface area contributed by atoms with Crippen LogP contribution in [0.4, 0.5) is 0 Å². The van der Waals surface area contributed by atoms with Crippen molar-refractivity contribution in [1.82, 2.24) is 15.5 Å². The molecule has 2 aliphatic heterocycles. The monoisotopic (exact) mass is 323 g/mol. The Balaban J connectivity index is 1.76. The van der Waals surface area contributed by atoms with Crippen LogP contribution < -0.4 is 10.6 Å². The first kappa shape index (κ1) is 18.7. The second-order valence-corrected chi connectivity index (χ2v) is 7.99. The Morgan fingerprint density at radius 2 is 1.78 bits per heavy atom. The van der Waals surface area contributed by atoms with Gasteiger partial charge in [0.1, 0.15) is 0 Å². The van der Waals surface area contributed by atoms with Crippen LogP contribution in [0.3, 0.4) is 0 Å². The molecular weight excluding hydrogens is 286 g/mol. The molecule has 3 unspecified atom stereocenters. The number of rotatable bonds is 9. The first-order valence-corrected chi connectivity index (χ1v) is 9.78. The summed E-state index contributed by atoms with van der Waals surface area (Å²) in [5, 5.41) is 6.89. The van der Waals surface area contributed by atoms with Crippen LogP contribution in [0, 0.1) is 11.8 Å². The van der Waals surface area contributed by atoms with Crippen LogP contribution in [-0.2, 0) is 4.79 Å². The average molecular weight is 324 g/mol. The van der Waals surface area contributed by atoms with E-state index in [1.54, 1.807) is 0 Å². The van der Waals surface area contributed by atoms with Crippen LogP contribution in [0.5, 0.6) is 0 Å². The normalized spacial score (nSPS) is 28.3. The van der Waals surface area contributed by atoms with Gasteiger partial charge in [-0.25, -0.2) is 0 Å². The van der Waals surface area contributed by atoms with E-state index in [0.29, 0.717) is 30.0 Å². The van der Waals surface area contributed by atoms with Gasteiger partial charge in [0, 0.05) is 31.1 Å². The maximum absolute atomic E-state index is 12.4. The summed E-state index contributed by atoms with van der Waals surface area (Å²) in [6, 6.07) is 1.82. The number of nitrogens with one attached hydrogen (secondary N) is 2. The van der Waals surface area contributed by atoms with Gasteiger partial charge < -0.3 is 10.6 Å². The van der Waals surface area contributed by atoms with Crippen molar-refractivity contribution in [2.24, 2.45) is 11.8 Å². The number of piperidine rings is 1. The third kappa shape index (κ3) is 5.75. The number of hydrogen-bond acceptors (Lipinski definition) is 3. The smallest absolute Gasteiger partial charge is 0.220 e. The maximum atomic E-state index is 12.4. The molecule has 0 radical (unpaired) electrons. The Hall–Kier alpha value is -0.610. The van der Waals surface area contributed by atoms with Crippen molar-refractivity contribution in [3.8, 4) is 0 Å². The van der Waals surface area contributed by atoms with Crippen molar-refractivity contribution in [2.45, 2.75) is 84.3 Å². The molecule has 0 aliphatic carbocycles. The molecule has 4 heteroatoms. The Morgan fingerprint density at radius 3 is 2.30 bits per heavy atom. The highest BCUT2D eigenvalue weighted by molar-refractivity contribution is 5.76. The van der Waals surface area contributed by atoms with Crippen LogP contribution in [0.1, 0.15) is 66.2 Å². The van der Waals surface area contributed by atoms with Crippen molar-refractivity contribution in [3.05, 3.63) is 0 Å². The third-order valence-corrected chi connectivity index (χ3v) is 5.65. The standard InChI is InChI=1S/C19H37N3O/c1-5-22(6-2)18(9-14(3)4)13-20-19(23)12-15-10-16-7-8-17(11-15)21-16/h14-18,21H,5-13H2,1-4H3,(H,20,23). The SMILES string of the molecule is CCN(CC)C(CNC(=O)CC1CC2CCC(C1)N2)CC(C)C. The number of likely N-dealkylation sites (N-methyl/N-ethyl adjacent to an activating group) is 1. The Labute approximate surface area is 142 Å². The molecule has 23 heavy (non-hydrogen) atoms. The fourth-order valence-corrected chi connectivity index (χ4v) is 4.55. The predicted molar refractivity (Wildman–Crippen MR) is 96.5 cm³/mol. The fourth-order valence-electron chi connectivity index (χ4n) is 4.55. The van der Waals surface area contributed by atoms with Gasteiger partial charge in [-0.1, -0.05) is 27.7 Å². The molecule has 2 rings (SSSR count). The van der Waals surface area contributed by atoms with E-state index < -0.39 is 0 Å². The van der Waals surface area contributed by atoms with Gasteiger partial charge in [0.25, 0.3) is 0 Å². The van der Waals surface area contributed by atoms with E-state index >= 15 is 0 Å². The largest absolute Gasteiger partial charge is 0.355 e. The molecular formula is C19H37N3O. The highest BCUT2D eigenvalue weighted by Gasteiger charge is 2.34. The molecule has 2 fully saturated rings. The lowest BCUT2D eigenvalue weighted by atomic mass is 9.89. The van der Waals surface area contributed by atoms with Crippen molar-refractivity contribution in [1.29, 1.82) is 0 Å². The molecule has 0 aromatic carbocycles. The summed E-state index contributed by atoms with van der Waals surface area (Å²) in [6.07, 6.45) is 6.87. The van der Waals surface area contributed by atoms with Crippen LogP contribution in [0.25, 0.3) is 0 Å². The molecule has 4 nitrogen and oxygen atoms in total.